The second kappa shape index (κ2) is 7.07. The van der Waals surface area contributed by atoms with Crippen molar-refractivity contribution in [2.24, 2.45) is 0 Å². The van der Waals surface area contributed by atoms with Crippen molar-refractivity contribution in [3.8, 4) is 5.69 Å². The number of likely N-dealkylation sites (N-methyl/N-ethyl adjacent to an activating group) is 1. The number of hydrogen-bond acceptors (Lipinski definition) is 3. The molecule has 0 fully saturated rings. The van der Waals surface area contributed by atoms with Gasteiger partial charge in [0.25, 0.3) is 0 Å². The molecule has 0 atom stereocenters. The molecule has 0 aliphatic carbocycles. The van der Waals surface area contributed by atoms with E-state index in [0.717, 1.165) is 35.2 Å². The molecule has 1 aromatic heterocycles. The molecule has 0 aliphatic heterocycles. The second-order valence-corrected chi connectivity index (χ2v) is 5.57. The molecule has 1 aromatic carbocycles. The van der Waals surface area contributed by atoms with Gasteiger partial charge >= 0.3 is 0 Å². The van der Waals surface area contributed by atoms with Gasteiger partial charge in [-0.1, -0.05) is 18.5 Å². The maximum atomic E-state index is 9.12. The van der Waals surface area contributed by atoms with Crippen molar-refractivity contribution in [2.75, 3.05) is 19.7 Å². The molecule has 1 N–H and O–H groups in total. The third kappa shape index (κ3) is 3.64. The van der Waals surface area contributed by atoms with E-state index in [1.165, 1.54) is 5.56 Å². The van der Waals surface area contributed by atoms with Gasteiger partial charge in [0.15, 0.2) is 0 Å². The summed E-state index contributed by atoms with van der Waals surface area (Å²) in [7, 11) is 0. The fourth-order valence-electron chi connectivity index (χ4n) is 2.45. The van der Waals surface area contributed by atoms with Crippen LogP contribution in [0.1, 0.15) is 23.9 Å². The van der Waals surface area contributed by atoms with Crippen LogP contribution < -0.4 is 0 Å². The zero-order chi connectivity index (χ0) is 15.4. The molecule has 0 bridgehead atoms. The summed E-state index contributed by atoms with van der Waals surface area (Å²) in [5, 5.41) is 14.5. The molecule has 2 rings (SSSR count). The highest BCUT2D eigenvalue weighted by Crippen LogP contribution is 2.20. The van der Waals surface area contributed by atoms with Gasteiger partial charge in [-0.3, -0.25) is 4.90 Å². The molecule has 2 aromatic rings. The molecule has 0 saturated carbocycles. The van der Waals surface area contributed by atoms with E-state index in [1.807, 2.05) is 35.9 Å². The predicted molar refractivity (Wildman–Crippen MR) is 86.1 cm³/mol. The molecule has 114 valence electrons. The third-order valence-corrected chi connectivity index (χ3v) is 4.01. The van der Waals surface area contributed by atoms with Gasteiger partial charge in [0.05, 0.1) is 18.0 Å². The van der Waals surface area contributed by atoms with Crippen LogP contribution >= 0.6 is 11.6 Å². The lowest BCUT2D eigenvalue weighted by Gasteiger charge is -2.19. The van der Waals surface area contributed by atoms with Gasteiger partial charge in [-0.05, 0) is 44.7 Å². The van der Waals surface area contributed by atoms with Crippen LogP contribution in [0.5, 0.6) is 0 Å². The number of aromatic nitrogens is 2. The highest BCUT2D eigenvalue weighted by Gasteiger charge is 2.15. The first-order valence-electron chi connectivity index (χ1n) is 7.21. The summed E-state index contributed by atoms with van der Waals surface area (Å²) in [6.07, 6.45) is 0. The number of aliphatic hydroxyl groups excluding tert-OH is 1. The Labute approximate surface area is 131 Å². The average Bonchev–Trinajstić information content (AvgIpc) is 2.75. The number of aryl methyl sites for hydroxylation is 1. The third-order valence-electron chi connectivity index (χ3n) is 3.76. The molecule has 0 saturated heterocycles. The Bertz CT molecular complexity index is 592. The van der Waals surface area contributed by atoms with E-state index in [4.69, 9.17) is 16.7 Å². The molecule has 4 nitrogen and oxygen atoms in total. The Kier molecular flexibility index (Phi) is 5.39. The van der Waals surface area contributed by atoms with Crippen LogP contribution in [-0.4, -0.2) is 39.5 Å². The van der Waals surface area contributed by atoms with Gasteiger partial charge in [-0.2, -0.15) is 5.10 Å². The van der Waals surface area contributed by atoms with Crippen molar-refractivity contribution in [1.82, 2.24) is 14.7 Å². The monoisotopic (exact) mass is 307 g/mol. The summed E-state index contributed by atoms with van der Waals surface area (Å²) < 4.78 is 1.95. The summed E-state index contributed by atoms with van der Waals surface area (Å²) in [6, 6.07) is 7.68. The first kappa shape index (κ1) is 16.0. The Balaban J connectivity index is 2.30. The molecule has 0 radical (unpaired) electrons. The van der Waals surface area contributed by atoms with Crippen LogP contribution in [0.2, 0.25) is 5.02 Å². The minimum absolute atomic E-state index is 0.178. The Morgan fingerprint density at radius 2 is 1.90 bits per heavy atom. The van der Waals surface area contributed by atoms with E-state index in [1.54, 1.807) is 0 Å². The maximum absolute atomic E-state index is 9.12. The highest BCUT2D eigenvalue weighted by molar-refractivity contribution is 6.30. The van der Waals surface area contributed by atoms with Crippen molar-refractivity contribution in [3.05, 3.63) is 46.2 Å². The molecule has 0 spiro atoms. The Hall–Kier alpha value is -1.36. The molecule has 0 aliphatic rings. The van der Waals surface area contributed by atoms with Gasteiger partial charge in [0, 0.05) is 29.4 Å². The summed E-state index contributed by atoms with van der Waals surface area (Å²) in [5.41, 5.74) is 4.39. The van der Waals surface area contributed by atoms with E-state index in [2.05, 4.69) is 23.8 Å². The number of hydrogen-bond donors (Lipinski definition) is 1. The summed E-state index contributed by atoms with van der Waals surface area (Å²) in [4.78, 5) is 2.21. The van der Waals surface area contributed by atoms with Crippen molar-refractivity contribution in [3.63, 3.8) is 0 Å². The SMILES string of the molecule is CCN(CCO)Cc1c(C)nn(-c2ccc(Cl)cc2)c1C. The number of nitrogens with zero attached hydrogens (tertiary/aromatic N) is 3. The average molecular weight is 308 g/mol. The zero-order valence-electron chi connectivity index (χ0n) is 12.8. The number of rotatable bonds is 6. The standard InChI is InChI=1S/C16H22ClN3O/c1-4-19(9-10-21)11-16-12(2)18-20(13(16)3)15-7-5-14(17)6-8-15/h5-8,21H,4,9-11H2,1-3H3. The molecular weight excluding hydrogens is 286 g/mol. The fourth-order valence-corrected chi connectivity index (χ4v) is 2.58. The van der Waals surface area contributed by atoms with E-state index in [9.17, 15) is 0 Å². The van der Waals surface area contributed by atoms with Gasteiger partial charge in [-0.25, -0.2) is 4.68 Å². The molecule has 0 amide bonds. The van der Waals surface area contributed by atoms with Crippen LogP contribution in [0.4, 0.5) is 0 Å². The second-order valence-electron chi connectivity index (χ2n) is 5.13. The first-order chi connectivity index (χ1) is 10.1. The van der Waals surface area contributed by atoms with Crippen LogP contribution in [0.3, 0.4) is 0 Å². The normalized spacial score (nSPS) is 11.3. The highest BCUT2D eigenvalue weighted by atomic mass is 35.5. The van der Waals surface area contributed by atoms with Crippen LogP contribution in [0.25, 0.3) is 5.69 Å². The zero-order valence-corrected chi connectivity index (χ0v) is 13.6. The Morgan fingerprint density at radius 1 is 1.24 bits per heavy atom. The van der Waals surface area contributed by atoms with Gasteiger partial charge < -0.3 is 5.11 Å². The maximum Gasteiger partial charge on any atom is 0.0649 e. The quantitative estimate of drug-likeness (QED) is 0.892. The van der Waals surface area contributed by atoms with Gasteiger partial charge in [0.2, 0.25) is 0 Å². The van der Waals surface area contributed by atoms with Crippen molar-refractivity contribution in [1.29, 1.82) is 0 Å². The molecular formula is C16H22ClN3O. The summed E-state index contributed by atoms with van der Waals surface area (Å²) in [6.45, 7) is 8.79. The topological polar surface area (TPSA) is 41.3 Å². The lowest BCUT2D eigenvalue weighted by atomic mass is 10.2. The van der Waals surface area contributed by atoms with Crippen LogP contribution in [0, 0.1) is 13.8 Å². The minimum Gasteiger partial charge on any atom is -0.395 e. The van der Waals surface area contributed by atoms with E-state index in [-0.39, 0.29) is 6.61 Å². The van der Waals surface area contributed by atoms with Gasteiger partial charge in [0.1, 0.15) is 0 Å². The largest absolute Gasteiger partial charge is 0.395 e. The lowest BCUT2D eigenvalue weighted by Crippen LogP contribution is -2.26. The number of aliphatic hydroxyl groups is 1. The fraction of sp³-hybridized carbons (Fsp3) is 0.438. The minimum atomic E-state index is 0.178. The predicted octanol–water partition coefficient (Wildman–Crippen LogP) is 2.96. The van der Waals surface area contributed by atoms with Crippen molar-refractivity contribution in [2.45, 2.75) is 27.3 Å². The number of benzene rings is 1. The van der Waals surface area contributed by atoms with Crippen LogP contribution in [0.15, 0.2) is 24.3 Å². The smallest absolute Gasteiger partial charge is 0.0649 e. The molecule has 1 heterocycles. The summed E-state index contributed by atoms with van der Waals surface area (Å²) >= 11 is 5.94. The molecule has 0 unspecified atom stereocenters. The van der Waals surface area contributed by atoms with E-state index >= 15 is 0 Å². The van der Waals surface area contributed by atoms with E-state index in [0.29, 0.717) is 6.54 Å². The Morgan fingerprint density at radius 3 is 2.48 bits per heavy atom. The first-order valence-corrected chi connectivity index (χ1v) is 7.58. The van der Waals surface area contributed by atoms with Crippen molar-refractivity contribution < 1.29 is 5.11 Å². The van der Waals surface area contributed by atoms with E-state index < -0.39 is 0 Å². The number of halogens is 1. The van der Waals surface area contributed by atoms with Gasteiger partial charge in [-0.15, -0.1) is 0 Å². The van der Waals surface area contributed by atoms with Crippen LogP contribution in [-0.2, 0) is 6.54 Å². The summed E-state index contributed by atoms with van der Waals surface area (Å²) in [5.74, 6) is 0. The van der Waals surface area contributed by atoms with Crippen molar-refractivity contribution >= 4 is 11.6 Å². The molecule has 5 heteroatoms. The molecule has 21 heavy (non-hydrogen) atoms. The lowest BCUT2D eigenvalue weighted by molar-refractivity contribution is 0.196.